The Balaban J connectivity index is 2.18. The molecule has 0 spiro atoms. The molecule has 1 N–H and O–H groups in total. The minimum Gasteiger partial charge on any atom is -0.377 e. The number of aryl methyl sites for hydroxylation is 1. The van der Waals surface area contributed by atoms with E-state index in [0.29, 0.717) is 0 Å². The zero-order valence-corrected chi connectivity index (χ0v) is 10.8. The molecule has 1 heterocycles. The van der Waals surface area contributed by atoms with Gasteiger partial charge in [0.2, 0.25) is 0 Å². The van der Waals surface area contributed by atoms with E-state index in [4.69, 9.17) is 0 Å². The normalized spacial score (nSPS) is 11.9. The molecule has 5 heteroatoms. The smallest absolute Gasteiger partial charge is 0.269 e. The van der Waals surface area contributed by atoms with Crippen molar-refractivity contribution in [2.45, 2.75) is 19.9 Å². The maximum Gasteiger partial charge on any atom is 0.269 e. The molecule has 1 unspecified atom stereocenters. The van der Waals surface area contributed by atoms with Gasteiger partial charge in [0, 0.05) is 24.0 Å². The first kappa shape index (κ1) is 13.0. The summed E-state index contributed by atoms with van der Waals surface area (Å²) < 4.78 is 0. The Morgan fingerprint density at radius 1 is 1.32 bits per heavy atom. The summed E-state index contributed by atoms with van der Waals surface area (Å²) in [6.07, 6.45) is 1.75. The van der Waals surface area contributed by atoms with E-state index >= 15 is 0 Å². The second-order valence-electron chi connectivity index (χ2n) is 4.38. The van der Waals surface area contributed by atoms with Gasteiger partial charge in [0.15, 0.2) is 0 Å². The van der Waals surface area contributed by atoms with Crippen LogP contribution >= 0.6 is 0 Å². The molecule has 0 aliphatic carbocycles. The first-order chi connectivity index (χ1) is 9.08. The lowest BCUT2D eigenvalue weighted by atomic mass is 10.1. The van der Waals surface area contributed by atoms with Crippen LogP contribution in [-0.4, -0.2) is 9.91 Å². The molecule has 1 atom stereocenters. The Morgan fingerprint density at radius 3 is 2.68 bits per heavy atom. The molecule has 2 aromatic rings. The molecule has 0 saturated heterocycles. The third kappa shape index (κ3) is 3.07. The van der Waals surface area contributed by atoms with E-state index in [1.54, 1.807) is 18.3 Å². The summed E-state index contributed by atoms with van der Waals surface area (Å²) in [6, 6.07) is 10.6. The van der Waals surface area contributed by atoms with Gasteiger partial charge in [-0.15, -0.1) is 0 Å². The molecule has 0 aliphatic rings. The van der Waals surface area contributed by atoms with E-state index in [9.17, 15) is 10.1 Å². The van der Waals surface area contributed by atoms with Crippen molar-refractivity contribution in [1.29, 1.82) is 0 Å². The summed E-state index contributed by atoms with van der Waals surface area (Å²) in [5.41, 5.74) is 2.76. The first-order valence-electron chi connectivity index (χ1n) is 6.00. The molecule has 0 amide bonds. The lowest BCUT2D eigenvalue weighted by Crippen LogP contribution is -2.09. The zero-order valence-electron chi connectivity index (χ0n) is 10.8. The molecule has 19 heavy (non-hydrogen) atoms. The Hall–Kier alpha value is -2.43. The summed E-state index contributed by atoms with van der Waals surface area (Å²) in [4.78, 5) is 14.6. The van der Waals surface area contributed by atoms with E-state index in [1.165, 1.54) is 6.07 Å². The van der Waals surface area contributed by atoms with Crippen LogP contribution in [0.3, 0.4) is 0 Å². The molecule has 1 aromatic heterocycles. The highest BCUT2D eigenvalue weighted by molar-refractivity contribution is 5.56. The number of rotatable bonds is 4. The molecular weight excluding hydrogens is 242 g/mol. The summed E-state index contributed by atoms with van der Waals surface area (Å²) in [7, 11) is 0. The van der Waals surface area contributed by atoms with Crippen molar-refractivity contribution in [2.24, 2.45) is 0 Å². The average molecular weight is 257 g/mol. The van der Waals surface area contributed by atoms with E-state index in [-0.39, 0.29) is 16.7 Å². The molecule has 98 valence electrons. The zero-order chi connectivity index (χ0) is 13.8. The van der Waals surface area contributed by atoms with E-state index in [1.807, 2.05) is 32.0 Å². The van der Waals surface area contributed by atoms with Crippen LogP contribution in [0.2, 0.25) is 0 Å². The maximum absolute atomic E-state index is 10.7. The predicted molar refractivity (Wildman–Crippen MR) is 74.1 cm³/mol. The van der Waals surface area contributed by atoms with Crippen LogP contribution in [-0.2, 0) is 0 Å². The van der Waals surface area contributed by atoms with E-state index in [0.717, 1.165) is 16.9 Å². The maximum atomic E-state index is 10.7. The molecule has 0 saturated carbocycles. The highest BCUT2D eigenvalue weighted by Gasteiger charge is 2.11. The molecule has 5 nitrogen and oxygen atoms in total. The minimum absolute atomic E-state index is 0.0429. The molecule has 2 rings (SSSR count). The highest BCUT2D eigenvalue weighted by atomic mass is 16.6. The molecule has 0 fully saturated rings. The van der Waals surface area contributed by atoms with Gasteiger partial charge in [0.05, 0.1) is 16.7 Å². The van der Waals surface area contributed by atoms with Crippen LogP contribution in [0.5, 0.6) is 0 Å². The Labute approximate surface area is 111 Å². The first-order valence-corrected chi connectivity index (χ1v) is 6.00. The number of nitrogens with zero attached hydrogens (tertiary/aromatic N) is 2. The van der Waals surface area contributed by atoms with Crippen molar-refractivity contribution in [3.63, 3.8) is 0 Å². The topological polar surface area (TPSA) is 68.1 Å². The lowest BCUT2D eigenvalue weighted by Gasteiger charge is -2.16. The number of non-ortho nitro benzene ring substituents is 1. The van der Waals surface area contributed by atoms with Gasteiger partial charge in [-0.3, -0.25) is 15.1 Å². The number of nitrogens with one attached hydrogen (secondary N) is 1. The fraction of sp³-hybridized carbons (Fsp3) is 0.214. The molecule has 0 bridgehead atoms. The number of pyridine rings is 1. The van der Waals surface area contributed by atoms with Gasteiger partial charge < -0.3 is 5.32 Å². The van der Waals surface area contributed by atoms with Crippen molar-refractivity contribution in [3.05, 3.63) is 64.0 Å². The predicted octanol–water partition coefficient (Wildman–Crippen LogP) is 3.47. The second-order valence-corrected chi connectivity index (χ2v) is 4.38. The fourth-order valence-electron chi connectivity index (χ4n) is 1.86. The minimum atomic E-state index is -0.390. The van der Waals surface area contributed by atoms with E-state index < -0.39 is 0 Å². The third-order valence-corrected chi connectivity index (χ3v) is 2.92. The van der Waals surface area contributed by atoms with Crippen molar-refractivity contribution >= 4 is 11.4 Å². The largest absolute Gasteiger partial charge is 0.377 e. The Morgan fingerprint density at radius 2 is 2.11 bits per heavy atom. The van der Waals surface area contributed by atoms with Crippen LogP contribution in [0, 0.1) is 17.0 Å². The van der Waals surface area contributed by atoms with Crippen molar-refractivity contribution in [2.75, 3.05) is 5.32 Å². The van der Waals surface area contributed by atoms with Gasteiger partial charge in [0.25, 0.3) is 5.69 Å². The van der Waals surface area contributed by atoms with Crippen molar-refractivity contribution in [1.82, 2.24) is 4.98 Å². The number of nitro benzene ring substituents is 1. The number of anilines is 1. The van der Waals surface area contributed by atoms with Crippen LogP contribution in [0.25, 0.3) is 0 Å². The third-order valence-electron chi connectivity index (χ3n) is 2.92. The number of aromatic nitrogens is 1. The quantitative estimate of drug-likeness (QED) is 0.672. The van der Waals surface area contributed by atoms with Gasteiger partial charge >= 0.3 is 0 Å². The molecular formula is C14H15N3O2. The van der Waals surface area contributed by atoms with Crippen LogP contribution in [0.4, 0.5) is 11.4 Å². The van der Waals surface area contributed by atoms with Gasteiger partial charge in [-0.05, 0) is 37.6 Å². The molecule has 1 aromatic carbocycles. The monoisotopic (exact) mass is 257 g/mol. The fourth-order valence-corrected chi connectivity index (χ4v) is 1.86. The number of benzene rings is 1. The molecule has 0 aliphatic heterocycles. The van der Waals surface area contributed by atoms with Gasteiger partial charge in [-0.1, -0.05) is 6.07 Å². The summed E-state index contributed by atoms with van der Waals surface area (Å²) in [5.74, 6) is 0. The number of hydrogen-bond donors (Lipinski definition) is 1. The SMILES string of the molecule is Cc1cc([N+](=O)[O-])ccc1NC(C)c1ccccn1. The van der Waals surface area contributed by atoms with Gasteiger partial charge in [0.1, 0.15) is 0 Å². The number of nitro groups is 1. The van der Waals surface area contributed by atoms with Crippen molar-refractivity contribution in [3.8, 4) is 0 Å². The summed E-state index contributed by atoms with van der Waals surface area (Å²) >= 11 is 0. The molecule has 0 radical (unpaired) electrons. The summed E-state index contributed by atoms with van der Waals surface area (Å²) in [6.45, 7) is 3.85. The van der Waals surface area contributed by atoms with Crippen LogP contribution in [0.1, 0.15) is 24.2 Å². The Bertz CT molecular complexity index is 584. The second kappa shape index (κ2) is 5.48. The lowest BCUT2D eigenvalue weighted by molar-refractivity contribution is -0.384. The highest BCUT2D eigenvalue weighted by Crippen LogP contribution is 2.24. The van der Waals surface area contributed by atoms with Crippen molar-refractivity contribution < 1.29 is 4.92 Å². The van der Waals surface area contributed by atoms with Gasteiger partial charge in [-0.2, -0.15) is 0 Å². The number of hydrogen-bond acceptors (Lipinski definition) is 4. The standard InChI is InChI=1S/C14H15N3O2/c1-10-9-12(17(18)19)6-7-13(10)16-11(2)14-5-3-4-8-15-14/h3-9,11,16H,1-2H3. The van der Waals surface area contributed by atoms with Crippen LogP contribution in [0.15, 0.2) is 42.6 Å². The summed E-state index contributed by atoms with van der Waals surface area (Å²) in [5, 5.41) is 14.0. The van der Waals surface area contributed by atoms with Gasteiger partial charge in [-0.25, -0.2) is 0 Å². The van der Waals surface area contributed by atoms with Crippen LogP contribution < -0.4 is 5.32 Å². The average Bonchev–Trinajstić information content (AvgIpc) is 2.41. The Kier molecular flexibility index (Phi) is 3.75. The van der Waals surface area contributed by atoms with E-state index in [2.05, 4.69) is 10.3 Å².